The normalized spacial score (nSPS) is 19.1. The topological polar surface area (TPSA) is 87.8 Å². The van der Waals surface area contributed by atoms with Crippen LogP contribution in [0.3, 0.4) is 0 Å². The molecule has 1 N–H and O–H groups in total. The Bertz CT molecular complexity index is 809. The fourth-order valence-electron chi connectivity index (χ4n) is 3.52. The molecule has 0 heterocycles. The average Bonchev–Trinajstić information content (AvgIpc) is 2.58. The van der Waals surface area contributed by atoms with E-state index in [-0.39, 0.29) is 18.4 Å². The van der Waals surface area contributed by atoms with Gasteiger partial charge in [-0.25, -0.2) is 0 Å². The van der Waals surface area contributed by atoms with Crippen molar-refractivity contribution in [1.29, 1.82) is 0 Å². The van der Waals surface area contributed by atoms with Crippen LogP contribution < -0.4 is 5.11 Å². The van der Waals surface area contributed by atoms with Crippen molar-refractivity contribution in [2.45, 2.75) is 38.8 Å². The van der Waals surface area contributed by atoms with Crippen LogP contribution >= 0.6 is 0 Å². The highest BCUT2D eigenvalue weighted by Gasteiger charge is 2.57. The van der Waals surface area contributed by atoms with Crippen LogP contribution in [0.5, 0.6) is 0 Å². The number of alkyl halides is 3. The molecule has 0 fully saturated rings. The molecule has 1 aliphatic rings. The minimum absolute atomic E-state index is 0.0575. The van der Waals surface area contributed by atoms with Gasteiger partial charge in [-0.05, 0) is 23.0 Å². The molecule has 1 aliphatic carbocycles. The third kappa shape index (κ3) is 4.43. The first-order chi connectivity index (χ1) is 12.9. The van der Waals surface area contributed by atoms with Gasteiger partial charge in [-0.3, -0.25) is 14.4 Å². The summed E-state index contributed by atoms with van der Waals surface area (Å²) in [6.45, 7) is 3.41. The van der Waals surface area contributed by atoms with E-state index in [9.17, 15) is 32.7 Å². The number of hydrogen-bond acceptors (Lipinski definition) is 4. The summed E-state index contributed by atoms with van der Waals surface area (Å²) >= 11 is 0. The van der Waals surface area contributed by atoms with Gasteiger partial charge < -0.3 is 9.84 Å². The van der Waals surface area contributed by atoms with E-state index < -0.39 is 52.3 Å². The fourth-order valence-corrected chi connectivity index (χ4v) is 3.52. The molecule has 0 saturated heterocycles. The van der Waals surface area contributed by atoms with Gasteiger partial charge in [0.1, 0.15) is 0 Å². The number of ketones is 2. The maximum atomic E-state index is 13.3. The van der Waals surface area contributed by atoms with Crippen LogP contribution in [0.25, 0.3) is 0 Å². The van der Waals surface area contributed by atoms with E-state index >= 15 is 0 Å². The lowest BCUT2D eigenvalue weighted by molar-refractivity contribution is -0.312. The zero-order chi connectivity index (χ0) is 21.3. The summed E-state index contributed by atoms with van der Waals surface area (Å²) in [5, 5.41) is 12.7. The molecular weight excluding hydrogens is 377 g/mol. The van der Waals surface area contributed by atoms with E-state index in [1.165, 1.54) is 24.3 Å². The van der Waals surface area contributed by atoms with E-state index in [0.717, 1.165) is 7.11 Å². The standard InChI is InChI=1S/C20H21F3O5/c1-19(2)9-12(24)15(13(25)10-19)14(11-7-5-4-6-8-11)16(18(27)28-3)17(26)20(21,22)23/h4-8,14,16,24H,9-10H2,1-3H3/t14-,16+/m1/s1. The molecule has 8 heteroatoms. The minimum Gasteiger partial charge on any atom is -0.875 e. The molecule has 0 bridgehead atoms. The van der Waals surface area contributed by atoms with Crippen LogP contribution in [0.1, 0.15) is 38.2 Å². The highest BCUT2D eigenvalue weighted by atomic mass is 19.4. The van der Waals surface area contributed by atoms with Gasteiger partial charge in [-0.15, -0.1) is 5.76 Å². The number of esters is 1. The van der Waals surface area contributed by atoms with Gasteiger partial charge in [0.15, 0.2) is 11.7 Å². The molecule has 2 rings (SSSR count). The molecule has 0 spiro atoms. The Kier molecular flexibility index (Phi) is 6.01. The van der Waals surface area contributed by atoms with E-state index in [2.05, 4.69) is 4.74 Å². The molecule has 1 aromatic carbocycles. The van der Waals surface area contributed by atoms with Crippen molar-refractivity contribution in [2.24, 2.45) is 11.3 Å². The van der Waals surface area contributed by atoms with Gasteiger partial charge in [0.25, 0.3) is 0 Å². The van der Waals surface area contributed by atoms with Crippen molar-refractivity contribution in [3.05, 3.63) is 47.2 Å². The molecule has 0 radical (unpaired) electrons. The lowest BCUT2D eigenvalue weighted by Crippen LogP contribution is -2.43. The summed E-state index contributed by atoms with van der Waals surface area (Å²) in [6, 6.07) is 7.40. The Morgan fingerprint density at radius 1 is 1.21 bits per heavy atom. The van der Waals surface area contributed by atoms with Crippen molar-refractivity contribution >= 4 is 17.5 Å². The second kappa shape index (κ2) is 7.77. The van der Waals surface area contributed by atoms with Crippen molar-refractivity contribution in [3.8, 4) is 0 Å². The number of ether oxygens (including phenoxy) is 1. The number of benzene rings is 1. The van der Waals surface area contributed by atoms with Crippen LogP contribution in [0.4, 0.5) is 13.2 Å². The summed E-state index contributed by atoms with van der Waals surface area (Å²) < 4.78 is 44.3. The number of carbonyl (C=O) groups excluding carboxylic acids is 3. The molecule has 0 amide bonds. The Labute approximate surface area is 160 Å². The van der Waals surface area contributed by atoms with E-state index in [1.54, 1.807) is 19.9 Å². The molecule has 0 aliphatic heterocycles. The Balaban J connectivity index is 2.73. The SMILES string of the molecule is COC(=O)[C@H](C(=[OH+])C(F)(F)F)[C@@H](C1=C([O-])CC(C)(C)CC1=O)c1ccccc1. The summed E-state index contributed by atoms with van der Waals surface area (Å²) in [5.74, 6) is -8.64. The lowest BCUT2D eigenvalue weighted by atomic mass is 9.68. The zero-order valence-corrected chi connectivity index (χ0v) is 15.7. The van der Waals surface area contributed by atoms with Gasteiger partial charge in [0.2, 0.25) is 0 Å². The Hall–Kier alpha value is -2.64. The Morgan fingerprint density at radius 3 is 2.25 bits per heavy atom. The second-order valence-corrected chi connectivity index (χ2v) is 7.55. The summed E-state index contributed by atoms with van der Waals surface area (Å²) in [6.07, 6.45) is -5.34. The fraction of sp³-hybridized carbons (Fsp3) is 0.450. The van der Waals surface area contributed by atoms with Crippen LogP contribution in [-0.4, -0.2) is 35.6 Å². The van der Waals surface area contributed by atoms with E-state index in [1.807, 2.05) is 0 Å². The third-order valence-electron chi connectivity index (χ3n) is 4.72. The predicted octanol–water partition coefficient (Wildman–Crippen LogP) is 2.67. The second-order valence-electron chi connectivity index (χ2n) is 7.55. The lowest BCUT2D eigenvalue weighted by Gasteiger charge is -2.38. The number of carbonyl (C=O) groups is 2. The molecule has 0 aromatic heterocycles. The first-order valence-electron chi connectivity index (χ1n) is 8.58. The number of Topliss-reactive ketones (excluding diaryl/α,β-unsaturated/α-hetero) is 1. The third-order valence-corrected chi connectivity index (χ3v) is 4.72. The zero-order valence-electron chi connectivity index (χ0n) is 15.7. The van der Waals surface area contributed by atoms with Crippen molar-refractivity contribution < 1.29 is 37.4 Å². The molecule has 0 unspecified atom stereocenters. The highest BCUT2D eigenvalue weighted by Crippen LogP contribution is 2.44. The van der Waals surface area contributed by atoms with Gasteiger partial charge in [-0.1, -0.05) is 44.2 Å². The predicted molar refractivity (Wildman–Crippen MR) is 92.7 cm³/mol. The van der Waals surface area contributed by atoms with Crippen LogP contribution in [0, 0.1) is 11.3 Å². The van der Waals surface area contributed by atoms with Gasteiger partial charge >= 0.3 is 17.9 Å². The maximum absolute atomic E-state index is 13.3. The van der Waals surface area contributed by atoms with Crippen LogP contribution in [0.15, 0.2) is 41.7 Å². The van der Waals surface area contributed by atoms with Gasteiger partial charge in [-0.2, -0.15) is 13.2 Å². The molecule has 1 aromatic rings. The van der Waals surface area contributed by atoms with Crippen molar-refractivity contribution in [2.75, 3.05) is 7.11 Å². The summed E-state index contributed by atoms with van der Waals surface area (Å²) in [4.78, 5) is 34.8. The average molecular weight is 398 g/mol. The number of halogens is 3. The molecular formula is C20H21F3O5. The number of allylic oxidation sites excluding steroid dienone is 2. The van der Waals surface area contributed by atoms with Gasteiger partial charge in [0, 0.05) is 12.3 Å². The first-order valence-corrected chi connectivity index (χ1v) is 8.58. The molecule has 2 atom stereocenters. The van der Waals surface area contributed by atoms with E-state index in [4.69, 9.17) is 0 Å². The largest absolute Gasteiger partial charge is 0.875 e. The first kappa shape index (κ1) is 21.7. The summed E-state index contributed by atoms with van der Waals surface area (Å²) in [5.41, 5.74) is -0.933. The molecule has 28 heavy (non-hydrogen) atoms. The number of rotatable bonds is 5. The smallest absolute Gasteiger partial charge is 0.505 e. The summed E-state index contributed by atoms with van der Waals surface area (Å²) in [7, 11) is 0.874. The van der Waals surface area contributed by atoms with Crippen molar-refractivity contribution in [3.63, 3.8) is 0 Å². The molecule has 0 saturated carbocycles. The van der Waals surface area contributed by atoms with Crippen LogP contribution in [0.2, 0.25) is 0 Å². The van der Waals surface area contributed by atoms with Crippen molar-refractivity contribution in [1.82, 2.24) is 0 Å². The minimum atomic E-state index is -5.23. The quantitative estimate of drug-likeness (QED) is 0.433. The monoisotopic (exact) mass is 398 g/mol. The molecule has 5 nitrogen and oxygen atoms in total. The van der Waals surface area contributed by atoms with E-state index in [0.29, 0.717) is 0 Å². The number of methoxy groups -OCH3 is 1. The number of hydrogen-bond donors (Lipinski definition) is 0. The van der Waals surface area contributed by atoms with Gasteiger partial charge in [0.05, 0.1) is 7.11 Å². The highest BCUT2D eigenvalue weighted by molar-refractivity contribution is 6.07. The van der Waals surface area contributed by atoms with Crippen LogP contribution in [-0.2, 0) is 14.3 Å². The Morgan fingerprint density at radius 2 is 1.79 bits per heavy atom. The molecule has 152 valence electrons. The maximum Gasteiger partial charge on any atom is 0.505 e.